The van der Waals surface area contributed by atoms with Crippen LogP contribution >= 0.6 is 0 Å². The second-order valence-corrected chi connectivity index (χ2v) is 7.11. The van der Waals surface area contributed by atoms with Crippen LogP contribution < -0.4 is 4.74 Å². The number of likely N-dealkylation sites (N-methyl/N-ethyl adjacent to an activating group) is 1. The Morgan fingerprint density at radius 1 is 1.12 bits per heavy atom. The molecule has 2 heterocycles. The summed E-state index contributed by atoms with van der Waals surface area (Å²) in [6.07, 6.45) is 4.08. The van der Waals surface area contributed by atoms with E-state index in [9.17, 15) is 0 Å². The van der Waals surface area contributed by atoms with Gasteiger partial charge >= 0.3 is 0 Å². The number of ether oxygens (including phenoxy) is 1. The van der Waals surface area contributed by atoms with E-state index in [0.717, 1.165) is 37.8 Å². The van der Waals surface area contributed by atoms with Crippen molar-refractivity contribution in [1.82, 2.24) is 19.8 Å². The number of aromatic nitrogens is 2. The standard InChI is InChI=1S/C20H28N4O/c1-15(2)25-19-7-5-18(6-8-19)20-14-24(10-9-23(20)4)13-17-11-21-16(3)22-12-17/h5-8,11-12,15,20H,9-10,13-14H2,1-4H3. The smallest absolute Gasteiger partial charge is 0.125 e. The van der Waals surface area contributed by atoms with Gasteiger partial charge in [0.1, 0.15) is 11.6 Å². The quantitative estimate of drug-likeness (QED) is 0.837. The molecule has 0 saturated carbocycles. The number of nitrogens with zero attached hydrogens (tertiary/aromatic N) is 4. The summed E-state index contributed by atoms with van der Waals surface area (Å²) in [5.74, 6) is 1.76. The minimum atomic E-state index is 0.204. The minimum Gasteiger partial charge on any atom is -0.491 e. The summed E-state index contributed by atoms with van der Waals surface area (Å²) in [7, 11) is 2.20. The molecule has 1 saturated heterocycles. The van der Waals surface area contributed by atoms with E-state index in [1.165, 1.54) is 11.1 Å². The van der Waals surface area contributed by atoms with Gasteiger partial charge in [-0.05, 0) is 45.5 Å². The minimum absolute atomic E-state index is 0.204. The summed E-state index contributed by atoms with van der Waals surface area (Å²) in [5.41, 5.74) is 2.51. The summed E-state index contributed by atoms with van der Waals surface area (Å²) in [4.78, 5) is 13.5. The first kappa shape index (κ1) is 17.8. The maximum Gasteiger partial charge on any atom is 0.125 e. The van der Waals surface area contributed by atoms with Crippen molar-refractivity contribution in [3.05, 3.63) is 53.6 Å². The molecule has 1 aromatic carbocycles. The Morgan fingerprint density at radius 2 is 1.80 bits per heavy atom. The summed E-state index contributed by atoms with van der Waals surface area (Å²) in [6.45, 7) is 10.1. The van der Waals surface area contributed by atoms with E-state index in [1.54, 1.807) is 0 Å². The highest BCUT2D eigenvalue weighted by Gasteiger charge is 2.25. The molecule has 0 radical (unpaired) electrons. The fourth-order valence-electron chi connectivity index (χ4n) is 3.23. The van der Waals surface area contributed by atoms with Crippen LogP contribution in [0.15, 0.2) is 36.7 Å². The van der Waals surface area contributed by atoms with Crippen LogP contribution in [0.5, 0.6) is 5.75 Å². The third kappa shape index (κ3) is 4.77. The average Bonchev–Trinajstić information content (AvgIpc) is 2.59. The first-order chi connectivity index (χ1) is 12.0. The molecule has 3 rings (SSSR count). The van der Waals surface area contributed by atoms with Crippen LogP contribution in [0.4, 0.5) is 0 Å². The van der Waals surface area contributed by atoms with Gasteiger partial charge < -0.3 is 4.74 Å². The van der Waals surface area contributed by atoms with Crippen LogP contribution in [0, 0.1) is 6.92 Å². The molecule has 0 spiro atoms. The molecule has 0 aliphatic carbocycles. The molecular formula is C20H28N4O. The van der Waals surface area contributed by atoms with Crippen LogP contribution in [-0.4, -0.2) is 52.6 Å². The first-order valence-electron chi connectivity index (χ1n) is 8.98. The van der Waals surface area contributed by atoms with Crippen molar-refractivity contribution in [2.75, 3.05) is 26.7 Å². The fourth-order valence-corrected chi connectivity index (χ4v) is 3.23. The topological polar surface area (TPSA) is 41.5 Å². The summed E-state index contributed by atoms with van der Waals surface area (Å²) in [5, 5.41) is 0. The molecule has 1 aromatic heterocycles. The molecule has 1 unspecified atom stereocenters. The number of benzene rings is 1. The van der Waals surface area contributed by atoms with Gasteiger partial charge in [0.2, 0.25) is 0 Å². The van der Waals surface area contributed by atoms with Crippen molar-refractivity contribution in [3.8, 4) is 5.75 Å². The molecule has 1 atom stereocenters. The van der Waals surface area contributed by atoms with Gasteiger partial charge in [-0.2, -0.15) is 0 Å². The number of piperazine rings is 1. The maximum absolute atomic E-state index is 5.76. The molecule has 0 N–H and O–H groups in total. The zero-order chi connectivity index (χ0) is 17.8. The van der Waals surface area contributed by atoms with Gasteiger partial charge in [-0.3, -0.25) is 9.80 Å². The van der Waals surface area contributed by atoms with Crippen LogP contribution in [0.2, 0.25) is 0 Å². The predicted octanol–water partition coefficient (Wildman–Crippen LogP) is 3.06. The van der Waals surface area contributed by atoms with Gasteiger partial charge in [0, 0.05) is 50.2 Å². The molecule has 1 aliphatic heterocycles. The molecule has 5 nitrogen and oxygen atoms in total. The van der Waals surface area contributed by atoms with Crippen LogP contribution in [-0.2, 0) is 6.54 Å². The van der Waals surface area contributed by atoms with E-state index in [4.69, 9.17) is 4.74 Å². The highest BCUT2D eigenvalue weighted by atomic mass is 16.5. The van der Waals surface area contributed by atoms with E-state index >= 15 is 0 Å². The Labute approximate surface area is 150 Å². The van der Waals surface area contributed by atoms with Crippen LogP contribution in [0.3, 0.4) is 0 Å². The van der Waals surface area contributed by atoms with Crippen LogP contribution in [0.1, 0.15) is 36.8 Å². The van der Waals surface area contributed by atoms with Crippen molar-refractivity contribution in [2.45, 2.75) is 39.5 Å². The molecule has 0 bridgehead atoms. The summed E-state index contributed by atoms with van der Waals surface area (Å²) < 4.78 is 5.76. The Kier molecular flexibility index (Phi) is 5.66. The van der Waals surface area contributed by atoms with Crippen molar-refractivity contribution < 1.29 is 4.74 Å². The van der Waals surface area contributed by atoms with E-state index in [0.29, 0.717) is 6.04 Å². The number of rotatable bonds is 5. The third-order valence-electron chi connectivity index (χ3n) is 4.61. The highest BCUT2D eigenvalue weighted by molar-refractivity contribution is 5.30. The first-order valence-corrected chi connectivity index (χ1v) is 8.98. The van der Waals surface area contributed by atoms with Gasteiger partial charge in [0.05, 0.1) is 6.10 Å². The molecule has 134 valence electrons. The van der Waals surface area contributed by atoms with Gasteiger partial charge in [-0.25, -0.2) is 9.97 Å². The zero-order valence-electron chi connectivity index (χ0n) is 15.6. The fraction of sp³-hybridized carbons (Fsp3) is 0.500. The van der Waals surface area contributed by atoms with Gasteiger partial charge in [0.15, 0.2) is 0 Å². The Hall–Kier alpha value is -1.98. The molecule has 5 heteroatoms. The number of hydrogen-bond donors (Lipinski definition) is 0. The molecule has 1 fully saturated rings. The Bertz CT molecular complexity index is 669. The average molecular weight is 340 g/mol. The third-order valence-corrected chi connectivity index (χ3v) is 4.61. The van der Waals surface area contributed by atoms with Crippen molar-refractivity contribution in [3.63, 3.8) is 0 Å². The normalized spacial score (nSPS) is 19.3. The maximum atomic E-state index is 5.76. The summed E-state index contributed by atoms with van der Waals surface area (Å²) in [6, 6.07) is 8.94. The highest BCUT2D eigenvalue weighted by Crippen LogP contribution is 2.26. The van der Waals surface area contributed by atoms with Crippen molar-refractivity contribution in [1.29, 1.82) is 0 Å². The lowest BCUT2D eigenvalue weighted by Gasteiger charge is -2.39. The largest absolute Gasteiger partial charge is 0.491 e. The number of hydrogen-bond acceptors (Lipinski definition) is 5. The summed E-state index contributed by atoms with van der Waals surface area (Å²) >= 11 is 0. The molecule has 25 heavy (non-hydrogen) atoms. The molecule has 1 aliphatic rings. The number of aryl methyl sites for hydroxylation is 1. The van der Waals surface area contributed by atoms with Crippen molar-refractivity contribution >= 4 is 0 Å². The molecule has 0 amide bonds. The Balaban J connectivity index is 1.66. The van der Waals surface area contributed by atoms with E-state index < -0.39 is 0 Å². The lowest BCUT2D eigenvalue weighted by molar-refractivity contribution is 0.0903. The Morgan fingerprint density at radius 3 is 2.44 bits per heavy atom. The van der Waals surface area contributed by atoms with Gasteiger partial charge in [0.25, 0.3) is 0 Å². The van der Waals surface area contributed by atoms with Gasteiger partial charge in [-0.1, -0.05) is 12.1 Å². The lowest BCUT2D eigenvalue weighted by Crippen LogP contribution is -2.46. The monoisotopic (exact) mass is 340 g/mol. The predicted molar refractivity (Wildman–Crippen MR) is 99.6 cm³/mol. The lowest BCUT2D eigenvalue weighted by atomic mass is 10.0. The van der Waals surface area contributed by atoms with E-state index in [2.05, 4.69) is 64.9 Å². The molecular weight excluding hydrogens is 312 g/mol. The van der Waals surface area contributed by atoms with Gasteiger partial charge in [-0.15, -0.1) is 0 Å². The zero-order valence-corrected chi connectivity index (χ0v) is 15.6. The van der Waals surface area contributed by atoms with E-state index in [1.807, 2.05) is 19.3 Å². The SMILES string of the molecule is Cc1ncc(CN2CCN(C)C(c3ccc(OC(C)C)cc3)C2)cn1. The van der Waals surface area contributed by atoms with Crippen LogP contribution in [0.25, 0.3) is 0 Å². The van der Waals surface area contributed by atoms with E-state index in [-0.39, 0.29) is 6.10 Å². The second-order valence-electron chi connectivity index (χ2n) is 7.11. The second kappa shape index (κ2) is 7.93. The molecule has 2 aromatic rings. The van der Waals surface area contributed by atoms with Crippen molar-refractivity contribution in [2.24, 2.45) is 0 Å².